The van der Waals surface area contributed by atoms with E-state index in [1.807, 2.05) is 0 Å². The molecule has 0 bridgehead atoms. The summed E-state index contributed by atoms with van der Waals surface area (Å²) >= 11 is 0. The summed E-state index contributed by atoms with van der Waals surface area (Å²) in [6, 6.07) is 0. The lowest BCUT2D eigenvalue weighted by atomic mass is 10.0. The van der Waals surface area contributed by atoms with Crippen molar-refractivity contribution < 1.29 is 14.4 Å². The maximum atomic E-state index is 10.7. The van der Waals surface area contributed by atoms with E-state index >= 15 is 0 Å². The van der Waals surface area contributed by atoms with Crippen molar-refractivity contribution in [2.24, 2.45) is 5.73 Å². The summed E-state index contributed by atoms with van der Waals surface area (Å²) < 4.78 is 10.7. The van der Waals surface area contributed by atoms with Gasteiger partial charge in [-0.3, -0.25) is 4.57 Å². The highest BCUT2D eigenvalue weighted by atomic mass is 31.2. The van der Waals surface area contributed by atoms with E-state index in [0.717, 1.165) is 19.4 Å². The standard InChI is InChI=1S/C24H52NO3P/c25-23-21-19-17-15-13-11-9-7-5-3-1-2-4-6-8-10-12-14-16-18-20-22-24-29(26,27)28/h1-25H2,(H2,26,27,28). The van der Waals surface area contributed by atoms with Gasteiger partial charge in [-0.05, 0) is 19.4 Å². The van der Waals surface area contributed by atoms with Crippen molar-refractivity contribution in [2.45, 2.75) is 141 Å². The number of unbranched alkanes of at least 4 members (excludes halogenated alkanes) is 21. The van der Waals surface area contributed by atoms with Gasteiger partial charge in [-0.2, -0.15) is 0 Å². The molecule has 0 radical (unpaired) electrons. The molecule has 0 aliphatic rings. The molecule has 0 atom stereocenters. The molecule has 0 amide bonds. The first-order chi connectivity index (χ1) is 14.1. The molecule has 0 aromatic heterocycles. The number of hydrogen-bond donors (Lipinski definition) is 3. The van der Waals surface area contributed by atoms with Crippen LogP contribution in [0.2, 0.25) is 0 Å². The first-order valence-corrected chi connectivity index (χ1v) is 14.6. The smallest absolute Gasteiger partial charge is 0.325 e. The lowest BCUT2D eigenvalue weighted by Crippen LogP contribution is -1.97. The first-order valence-electron chi connectivity index (χ1n) is 12.8. The zero-order valence-electron chi connectivity index (χ0n) is 19.3. The Hall–Kier alpha value is 0.110. The first kappa shape index (κ1) is 29.1. The van der Waals surface area contributed by atoms with Gasteiger partial charge in [-0.25, -0.2) is 0 Å². The van der Waals surface area contributed by atoms with Gasteiger partial charge in [0.25, 0.3) is 0 Å². The van der Waals surface area contributed by atoms with E-state index in [4.69, 9.17) is 15.5 Å². The third kappa shape index (κ3) is 28.1. The maximum absolute atomic E-state index is 10.7. The molecular formula is C24H52NO3P. The molecule has 0 saturated heterocycles. The fourth-order valence-electron chi connectivity index (χ4n) is 4.00. The molecule has 176 valence electrons. The average Bonchev–Trinajstić information content (AvgIpc) is 2.67. The van der Waals surface area contributed by atoms with Crippen LogP contribution in [-0.4, -0.2) is 22.5 Å². The Bertz CT molecular complexity index is 360. The summed E-state index contributed by atoms with van der Waals surface area (Å²) in [7, 11) is -3.77. The molecule has 4 N–H and O–H groups in total. The Kier molecular flexibility index (Phi) is 22.9. The summed E-state index contributed by atoms with van der Waals surface area (Å²) in [5, 5.41) is 0. The average molecular weight is 434 g/mol. The minimum atomic E-state index is -3.77. The Labute approximate surface area is 182 Å². The highest BCUT2D eigenvalue weighted by Crippen LogP contribution is 2.35. The van der Waals surface area contributed by atoms with Crippen molar-refractivity contribution in [1.29, 1.82) is 0 Å². The van der Waals surface area contributed by atoms with Gasteiger partial charge in [0.15, 0.2) is 0 Å². The largest absolute Gasteiger partial charge is 0.330 e. The molecule has 0 aromatic carbocycles. The number of nitrogens with two attached hydrogens (primary N) is 1. The summed E-state index contributed by atoms with van der Waals surface area (Å²) in [5.74, 6) is 0. The highest BCUT2D eigenvalue weighted by molar-refractivity contribution is 7.51. The second-order valence-electron chi connectivity index (χ2n) is 8.96. The van der Waals surface area contributed by atoms with Crippen LogP contribution in [0.3, 0.4) is 0 Å². The van der Waals surface area contributed by atoms with Crippen molar-refractivity contribution in [3.05, 3.63) is 0 Å². The third-order valence-electron chi connectivity index (χ3n) is 5.90. The Morgan fingerprint density at radius 2 is 0.621 bits per heavy atom. The van der Waals surface area contributed by atoms with E-state index in [2.05, 4.69) is 0 Å². The van der Waals surface area contributed by atoms with Crippen LogP contribution in [0.5, 0.6) is 0 Å². The quantitative estimate of drug-likeness (QED) is 0.107. The Balaban J connectivity index is 3.02. The molecule has 0 aromatic rings. The Morgan fingerprint density at radius 1 is 0.414 bits per heavy atom. The molecule has 0 spiro atoms. The van der Waals surface area contributed by atoms with Gasteiger partial charge in [0.1, 0.15) is 0 Å². The van der Waals surface area contributed by atoms with Gasteiger partial charge in [0.05, 0.1) is 0 Å². The van der Waals surface area contributed by atoms with Crippen LogP contribution in [0.15, 0.2) is 0 Å². The van der Waals surface area contributed by atoms with Crippen LogP contribution in [-0.2, 0) is 4.57 Å². The molecule has 0 aliphatic heterocycles. The van der Waals surface area contributed by atoms with Gasteiger partial charge in [0, 0.05) is 6.16 Å². The zero-order chi connectivity index (χ0) is 21.5. The van der Waals surface area contributed by atoms with E-state index in [0.29, 0.717) is 6.42 Å². The summed E-state index contributed by atoms with van der Waals surface area (Å²) in [4.78, 5) is 17.6. The lowest BCUT2D eigenvalue weighted by Gasteiger charge is -2.05. The number of rotatable bonds is 24. The van der Waals surface area contributed by atoms with Gasteiger partial charge < -0.3 is 15.5 Å². The molecule has 0 heterocycles. The molecule has 5 heteroatoms. The fraction of sp³-hybridized carbons (Fsp3) is 1.00. The third-order valence-corrected chi connectivity index (χ3v) is 6.80. The van der Waals surface area contributed by atoms with Crippen molar-refractivity contribution in [1.82, 2.24) is 0 Å². The van der Waals surface area contributed by atoms with Crippen molar-refractivity contribution >= 4 is 7.60 Å². The molecule has 4 nitrogen and oxygen atoms in total. The normalized spacial score (nSPS) is 12.0. The van der Waals surface area contributed by atoms with E-state index in [1.165, 1.54) is 122 Å². The molecule has 0 saturated carbocycles. The van der Waals surface area contributed by atoms with Crippen LogP contribution in [0.4, 0.5) is 0 Å². The van der Waals surface area contributed by atoms with Crippen LogP contribution < -0.4 is 5.73 Å². The zero-order valence-corrected chi connectivity index (χ0v) is 20.2. The van der Waals surface area contributed by atoms with Crippen LogP contribution in [0, 0.1) is 0 Å². The molecular weight excluding hydrogens is 381 g/mol. The lowest BCUT2D eigenvalue weighted by molar-refractivity contribution is 0.370. The minimum Gasteiger partial charge on any atom is -0.330 e. The topological polar surface area (TPSA) is 83.6 Å². The van der Waals surface area contributed by atoms with Gasteiger partial charge in [-0.15, -0.1) is 0 Å². The van der Waals surface area contributed by atoms with Crippen LogP contribution in [0.1, 0.15) is 141 Å². The van der Waals surface area contributed by atoms with E-state index in [-0.39, 0.29) is 6.16 Å². The molecule has 0 aliphatic carbocycles. The molecule has 0 fully saturated rings. The van der Waals surface area contributed by atoms with Crippen molar-refractivity contribution in [2.75, 3.05) is 12.7 Å². The van der Waals surface area contributed by atoms with E-state index in [9.17, 15) is 4.57 Å². The molecule has 0 rings (SSSR count). The summed E-state index contributed by atoms with van der Waals surface area (Å²) in [6.07, 6.45) is 28.9. The maximum Gasteiger partial charge on any atom is 0.325 e. The Morgan fingerprint density at radius 3 is 0.828 bits per heavy atom. The molecule has 29 heavy (non-hydrogen) atoms. The van der Waals surface area contributed by atoms with Gasteiger partial charge in [0.2, 0.25) is 0 Å². The second kappa shape index (κ2) is 22.8. The van der Waals surface area contributed by atoms with Crippen LogP contribution in [0.25, 0.3) is 0 Å². The van der Waals surface area contributed by atoms with E-state index in [1.54, 1.807) is 0 Å². The van der Waals surface area contributed by atoms with Crippen molar-refractivity contribution in [3.63, 3.8) is 0 Å². The van der Waals surface area contributed by atoms with Gasteiger partial charge >= 0.3 is 7.60 Å². The van der Waals surface area contributed by atoms with Gasteiger partial charge in [-0.1, -0.05) is 128 Å². The SMILES string of the molecule is NCCCCCCCCCCCCCCCCCCCCCCCCP(=O)(O)O. The monoisotopic (exact) mass is 433 g/mol. The summed E-state index contributed by atoms with van der Waals surface area (Å²) in [6.45, 7) is 0.855. The second-order valence-corrected chi connectivity index (χ2v) is 10.7. The summed E-state index contributed by atoms with van der Waals surface area (Å²) in [5.41, 5.74) is 5.51. The molecule has 0 unspecified atom stereocenters. The van der Waals surface area contributed by atoms with Crippen molar-refractivity contribution in [3.8, 4) is 0 Å². The van der Waals surface area contributed by atoms with Crippen LogP contribution >= 0.6 is 7.60 Å². The fourth-order valence-corrected chi connectivity index (χ4v) is 4.63. The number of hydrogen-bond acceptors (Lipinski definition) is 2. The minimum absolute atomic E-state index is 0.0585. The highest BCUT2D eigenvalue weighted by Gasteiger charge is 2.10. The predicted molar refractivity (Wildman–Crippen MR) is 128 cm³/mol. The van der Waals surface area contributed by atoms with E-state index < -0.39 is 7.60 Å². The predicted octanol–water partition coefficient (Wildman–Crippen LogP) is 7.71.